The molecule has 0 amide bonds. The smallest absolute Gasteiger partial charge is 0.320 e. The lowest BCUT2D eigenvalue weighted by atomic mass is 10.1. The molecule has 0 aromatic heterocycles. The zero-order valence-corrected chi connectivity index (χ0v) is 14.7. The van der Waals surface area contributed by atoms with Gasteiger partial charge in [0.25, 0.3) is 0 Å². The van der Waals surface area contributed by atoms with E-state index in [9.17, 15) is 20.1 Å². The summed E-state index contributed by atoms with van der Waals surface area (Å²) in [6, 6.07) is -0.661. The second-order valence-corrected chi connectivity index (χ2v) is 5.91. The molecule has 0 aliphatic heterocycles. The Morgan fingerprint density at radius 2 is 2.00 bits per heavy atom. The molecule has 3 atom stereocenters. The first-order valence-electron chi connectivity index (χ1n) is 8.62. The third-order valence-electron chi connectivity index (χ3n) is 3.77. The summed E-state index contributed by atoms with van der Waals surface area (Å²) in [5, 5.41) is 32.0. The Morgan fingerprint density at radius 3 is 2.57 bits per heavy atom. The lowest BCUT2D eigenvalue weighted by molar-refractivity contribution is -0.142. The molecule has 4 N–H and O–H groups in total. The van der Waals surface area contributed by atoms with Crippen LogP contribution in [0.1, 0.15) is 46.5 Å². The molecule has 0 aromatic carbocycles. The van der Waals surface area contributed by atoms with Crippen LogP contribution >= 0.6 is 0 Å². The third-order valence-corrected chi connectivity index (χ3v) is 3.77. The van der Waals surface area contributed by atoms with Crippen molar-refractivity contribution >= 4 is 5.97 Å². The number of unbranched alkanes of at least 4 members (excludes halogenated alkanes) is 1. The maximum atomic E-state index is 11.2. The summed E-state index contributed by atoms with van der Waals surface area (Å²) in [4.78, 5) is 12.9. The molecule has 0 heterocycles. The maximum absolute atomic E-state index is 11.2. The van der Waals surface area contributed by atoms with Gasteiger partial charge in [0.1, 0.15) is 6.04 Å². The number of aliphatic hydroxyl groups excluding tert-OH is 2. The molecule has 0 bridgehead atoms. The highest BCUT2D eigenvalue weighted by molar-refractivity contribution is 5.72. The van der Waals surface area contributed by atoms with Gasteiger partial charge in [-0.1, -0.05) is 38.8 Å². The predicted octanol–water partition coefficient (Wildman–Crippen LogP) is 1.23. The van der Waals surface area contributed by atoms with Gasteiger partial charge in [0.05, 0.1) is 12.2 Å². The molecule has 136 valence electrons. The molecular formula is C17H34N2O4. The highest BCUT2D eigenvalue weighted by Gasteiger charge is 2.21. The fraction of sp³-hybridized carbons (Fsp3) is 0.824. The predicted molar refractivity (Wildman–Crippen MR) is 92.5 cm³/mol. The number of aliphatic hydroxyl groups is 2. The van der Waals surface area contributed by atoms with Crippen molar-refractivity contribution in [3.05, 3.63) is 12.2 Å². The van der Waals surface area contributed by atoms with Crippen LogP contribution in [0.5, 0.6) is 0 Å². The summed E-state index contributed by atoms with van der Waals surface area (Å²) in [5.74, 6) is -0.903. The van der Waals surface area contributed by atoms with E-state index in [0.29, 0.717) is 19.6 Å². The summed E-state index contributed by atoms with van der Waals surface area (Å²) in [6.07, 6.45) is 6.21. The van der Waals surface area contributed by atoms with E-state index < -0.39 is 18.1 Å². The van der Waals surface area contributed by atoms with Crippen LogP contribution in [0.3, 0.4) is 0 Å². The summed E-state index contributed by atoms with van der Waals surface area (Å²) >= 11 is 0. The van der Waals surface area contributed by atoms with Crippen LogP contribution in [-0.2, 0) is 4.79 Å². The molecule has 0 aliphatic rings. The number of nitrogens with one attached hydrogen (secondary N) is 1. The molecule has 0 saturated heterocycles. The molecule has 6 heteroatoms. The molecule has 0 spiro atoms. The minimum Gasteiger partial charge on any atom is -0.480 e. The largest absolute Gasteiger partial charge is 0.480 e. The lowest BCUT2D eigenvalue weighted by Gasteiger charge is -2.28. The van der Waals surface area contributed by atoms with Gasteiger partial charge in [-0.15, -0.1) is 0 Å². The minimum absolute atomic E-state index is 0.282. The number of nitrogens with zero attached hydrogens (tertiary/aromatic N) is 1. The number of allylic oxidation sites excluding steroid dienone is 1. The van der Waals surface area contributed by atoms with Crippen molar-refractivity contribution < 1.29 is 20.1 Å². The van der Waals surface area contributed by atoms with Gasteiger partial charge in [-0.3, -0.25) is 9.69 Å². The maximum Gasteiger partial charge on any atom is 0.320 e. The molecule has 0 radical (unpaired) electrons. The van der Waals surface area contributed by atoms with Crippen molar-refractivity contribution in [2.75, 3.05) is 26.2 Å². The van der Waals surface area contributed by atoms with Crippen molar-refractivity contribution in [3.63, 3.8) is 0 Å². The van der Waals surface area contributed by atoms with E-state index in [1.165, 1.54) is 0 Å². The summed E-state index contributed by atoms with van der Waals surface area (Å²) in [7, 11) is 0. The van der Waals surface area contributed by atoms with Crippen LogP contribution in [0.4, 0.5) is 0 Å². The topological polar surface area (TPSA) is 93.0 Å². The summed E-state index contributed by atoms with van der Waals surface area (Å²) < 4.78 is 0. The van der Waals surface area contributed by atoms with Crippen molar-refractivity contribution in [2.24, 2.45) is 0 Å². The standard InChI is InChI=1S/C17H34N2O4/c1-4-6-8-15(20)12-18-10-11-19(14(3)17(22)23)13-16(21)9-7-5-2/h7,9,14-16,18,20-21H,4-6,8,10-13H2,1-3H3,(H,22,23)/b9-7+. The quantitative estimate of drug-likeness (QED) is 0.283. The van der Waals surface area contributed by atoms with Gasteiger partial charge in [0.15, 0.2) is 0 Å². The zero-order chi connectivity index (χ0) is 17.7. The number of carbonyl (C=O) groups is 1. The van der Waals surface area contributed by atoms with Gasteiger partial charge in [-0.05, 0) is 19.8 Å². The van der Waals surface area contributed by atoms with E-state index >= 15 is 0 Å². The lowest BCUT2D eigenvalue weighted by Crippen LogP contribution is -2.46. The van der Waals surface area contributed by atoms with Crippen LogP contribution in [-0.4, -0.2) is 70.6 Å². The van der Waals surface area contributed by atoms with Crippen molar-refractivity contribution in [1.82, 2.24) is 10.2 Å². The molecule has 23 heavy (non-hydrogen) atoms. The van der Waals surface area contributed by atoms with Gasteiger partial charge in [0, 0.05) is 26.2 Å². The fourth-order valence-corrected chi connectivity index (χ4v) is 2.23. The SMILES string of the molecule is CC/C=C/C(O)CN(CCNCC(O)CCCC)C(C)C(=O)O. The van der Waals surface area contributed by atoms with Crippen molar-refractivity contribution in [2.45, 2.75) is 64.7 Å². The van der Waals surface area contributed by atoms with Gasteiger partial charge in [-0.2, -0.15) is 0 Å². The van der Waals surface area contributed by atoms with Crippen LogP contribution in [0.25, 0.3) is 0 Å². The van der Waals surface area contributed by atoms with Gasteiger partial charge in [0.2, 0.25) is 0 Å². The monoisotopic (exact) mass is 330 g/mol. The molecule has 0 rings (SSSR count). The number of hydrogen-bond acceptors (Lipinski definition) is 5. The molecule has 6 nitrogen and oxygen atoms in total. The molecule has 0 aliphatic carbocycles. The van der Waals surface area contributed by atoms with Crippen LogP contribution in [0.15, 0.2) is 12.2 Å². The average molecular weight is 330 g/mol. The Hall–Kier alpha value is -0.950. The van der Waals surface area contributed by atoms with Crippen molar-refractivity contribution in [1.29, 1.82) is 0 Å². The van der Waals surface area contributed by atoms with Crippen LogP contribution in [0.2, 0.25) is 0 Å². The molecule has 0 saturated carbocycles. The first-order chi connectivity index (χ1) is 10.9. The first-order valence-corrected chi connectivity index (χ1v) is 8.62. The Labute approximate surface area is 140 Å². The Bertz CT molecular complexity index is 337. The van der Waals surface area contributed by atoms with Gasteiger partial charge >= 0.3 is 5.97 Å². The number of aliphatic carboxylic acids is 1. The van der Waals surface area contributed by atoms with Crippen molar-refractivity contribution in [3.8, 4) is 0 Å². The van der Waals surface area contributed by atoms with E-state index in [-0.39, 0.29) is 12.6 Å². The normalized spacial score (nSPS) is 15.9. The minimum atomic E-state index is -0.903. The highest BCUT2D eigenvalue weighted by atomic mass is 16.4. The van der Waals surface area contributed by atoms with E-state index in [4.69, 9.17) is 0 Å². The fourth-order valence-electron chi connectivity index (χ4n) is 2.23. The van der Waals surface area contributed by atoms with E-state index in [1.807, 2.05) is 13.0 Å². The summed E-state index contributed by atoms with van der Waals surface area (Å²) in [5.41, 5.74) is 0. The number of carboxylic acids is 1. The molecular weight excluding hydrogens is 296 g/mol. The molecule has 0 aromatic rings. The first kappa shape index (κ1) is 22.1. The van der Waals surface area contributed by atoms with Gasteiger partial charge in [-0.25, -0.2) is 0 Å². The zero-order valence-electron chi connectivity index (χ0n) is 14.7. The highest BCUT2D eigenvalue weighted by Crippen LogP contribution is 2.03. The van der Waals surface area contributed by atoms with Crippen LogP contribution < -0.4 is 5.32 Å². The van der Waals surface area contributed by atoms with E-state index in [1.54, 1.807) is 17.9 Å². The molecule has 3 unspecified atom stereocenters. The average Bonchev–Trinajstić information content (AvgIpc) is 2.52. The van der Waals surface area contributed by atoms with E-state index in [0.717, 1.165) is 25.7 Å². The number of hydrogen-bond donors (Lipinski definition) is 4. The Morgan fingerprint density at radius 1 is 1.30 bits per heavy atom. The Kier molecular flexibility index (Phi) is 12.9. The second-order valence-electron chi connectivity index (χ2n) is 5.91. The van der Waals surface area contributed by atoms with E-state index in [2.05, 4.69) is 12.2 Å². The van der Waals surface area contributed by atoms with Crippen LogP contribution in [0, 0.1) is 0 Å². The number of rotatable bonds is 14. The Balaban J connectivity index is 4.26. The second kappa shape index (κ2) is 13.5. The summed E-state index contributed by atoms with van der Waals surface area (Å²) in [6.45, 7) is 7.56. The molecule has 0 fully saturated rings. The third kappa shape index (κ3) is 11.3. The van der Waals surface area contributed by atoms with Gasteiger partial charge < -0.3 is 20.6 Å². The number of carboxylic acid groups (broad SMARTS) is 1.